The zero-order valence-corrected chi connectivity index (χ0v) is 11.2. The van der Waals surface area contributed by atoms with Gasteiger partial charge in [-0.2, -0.15) is 0 Å². The largest absolute Gasteiger partial charge is 0.387 e. The molecule has 1 unspecified atom stereocenters. The summed E-state index contributed by atoms with van der Waals surface area (Å²) in [6.07, 6.45) is 0.792. The Bertz CT molecular complexity index is 416. The molecule has 2 rings (SSSR count). The molecule has 0 saturated heterocycles. The van der Waals surface area contributed by atoms with Crippen molar-refractivity contribution in [3.63, 3.8) is 0 Å². The molecule has 4 nitrogen and oxygen atoms in total. The lowest BCUT2D eigenvalue weighted by Gasteiger charge is -2.14. The highest BCUT2D eigenvalue weighted by Gasteiger charge is 2.45. The minimum absolute atomic E-state index is 0. The molecule has 1 aromatic carbocycles. The summed E-state index contributed by atoms with van der Waals surface area (Å²) in [6.45, 7) is 2.20. The van der Waals surface area contributed by atoms with Crippen molar-refractivity contribution >= 4 is 18.3 Å². The van der Waals surface area contributed by atoms with Gasteiger partial charge in [-0.3, -0.25) is 4.79 Å². The lowest BCUT2D eigenvalue weighted by molar-refractivity contribution is -0.123. The molecular weight excluding hydrogens is 252 g/mol. The molecule has 0 spiro atoms. The first kappa shape index (κ1) is 15.0. The average Bonchev–Trinajstić information content (AvgIpc) is 3.06. The Balaban J connectivity index is 0.00000162. The number of benzene rings is 1. The van der Waals surface area contributed by atoms with Gasteiger partial charge in [0.2, 0.25) is 5.91 Å². The minimum Gasteiger partial charge on any atom is -0.387 e. The molecule has 5 heteroatoms. The molecular formula is C13H19ClN2O2. The number of carbonyl (C=O) groups is 1. The van der Waals surface area contributed by atoms with Gasteiger partial charge >= 0.3 is 0 Å². The zero-order chi connectivity index (χ0) is 12.5. The standard InChI is InChI=1S/C13H18N2O2.ClH/c1-9-2-4-10(5-3-9)11(16)8-15-12(17)13(14)6-7-13;/h2-5,11,16H,6-8,14H2,1H3,(H,15,17);1H. The van der Waals surface area contributed by atoms with Crippen LogP contribution in [0.25, 0.3) is 0 Å². The maximum atomic E-state index is 11.6. The monoisotopic (exact) mass is 270 g/mol. The van der Waals surface area contributed by atoms with Gasteiger partial charge in [-0.1, -0.05) is 29.8 Å². The Morgan fingerprint density at radius 2 is 2.00 bits per heavy atom. The molecule has 0 aromatic heterocycles. The van der Waals surface area contributed by atoms with Crippen molar-refractivity contribution in [2.75, 3.05) is 6.54 Å². The highest BCUT2D eigenvalue weighted by Crippen LogP contribution is 2.32. The second kappa shape index (κ2) is 5.69. The molecule has 1 atom stereocenters. The highest BCUT2D eigenvalue weighted by atomic mass is 35.5. The van der Waals surface area contributed by atoms with Gasteiger partial charge in [-0.15, -0.1) is 12.4 Å². The van der Waals surface area contributed by atoms with E-state index in [0.29, 0.717) is 0 Å². The third-order valence-corrected chi connectivity index (χ3v) is 3.16. The van der Waals surface area contributed by atoms with E-state index in [1.165, 1.54) is 0 Å². The van der Waals surface area contributed by atoms with Crippen LogP contribution in [0.1, 0.15) is 30.1 Å². The number of aryl methyl sites for hydroxylation is 1. The van der Waals surface area contributed by atoms with Gasteiger partial charge in [0.25, 0.3) is 0 Å². The summed E-state index contributed by atoms with van der Waals surface area (Å²) in [7, 11) is 0. The molecule has 1 fully saturated rings. The summed E-state index contributed by atoms with van der Waals surface area (Å²) < 4.78 is 0. The van der Waals surface area contributed by atoms with Crippen molar-refractivity contribution in [2.24, 2.45) is 5.73 Å². The van der Waals surface area contributed by atoms with Crippen molar-refractivity contribution in [3.8, 4) is 0 Å². The first-order chi connectivity index (χ1) is 8.01. The quantitative estimate of drug-likeness (QED) is 0.766. The van der Waals surface area contributed by atoms with Gasteiger partial charge in [0, 0.05) is 6.54 Å². The fourth-order valence-corrected chi connectivity index (χ4v) is 1.63. The van der Waals surface area contributed by atoms with Crippen molar-refractivity contribution in [1.29, 1.82) is 0 Å². The predicted octanol–water partition coefficient (Wildman–Crippen LogP) is 1.06. The number of rotatable bonds is 4. The fraction of sp³-hybridized carbons (Fsp3) is 0.462. The first-order valence-corrected chi connectivity index (χ1v) is 5.83. The average molecular weight is 271 g/mol. The Labute approximate surface area is 113 Å². The molecule has 0 bridgehead atoms. The maximum absolute atomic E-state index is 11.6. The predicted molar refractivity (Wildman–Crippen MR) is 72.5 cm³/mol. The van der Waals surface area contributed by atoms with Crippen LogP contribution in [0.3, 0.4) is 0 Å². The Kier molecular flexibility index (Phi) is 4.73. The van der Waals surface area contributed by atoms with Gasteiger partial charge in [0.05, 0.1) is 11.6 Å². The van der Waals surface area contributed by atoms with Gasteiger partial charge < -0.3 is 16.2 Å². The molecule has 18 heavy (non-hydrogen) atoms. The SMILES string of the molecule is Cc1ccc(C(O)CNC(=O)C2(N)CC2)cc1.Cl. The molecule has 0 aliphatic heterocycles. The smallest absolute Gasteiger partial charge is 0.240 e. The van der Waals surface area contributed by atoms with Crippen LogP contribution < -0.4 is 11.1 Å². The van der Waals surface area contributed by atoms with Crippen LogP contribution in [-0.2, 0) is 4.79 Å². The van der Waals surface area contributed by atoms with Crippen molar-refractivity contribution in [2.45, 2.75) is 31.4 Å². The second-order valence-corrected chi connectivity index (χ2v) is 4.79. The molecule has 1 aliphatic rings. The van der Waals surface area contributed by atoms with Crippen LogP contribution in [0.2, 0.25) is 0 Å². The highest BCUT2D eigenvalue weighted by molar-refractivity contribution is 5.88. The van der Waals surface area contributed by atoms with E-state index in [1.807, 2.05) is 31.2 Å². The molecule has 1 amide bonds. The van der Waals surface area contributed by atoms with Crippen LogP contribution in [-0.4, -0.2) is 23.1 Å². The summed E-state index contributed by atoms with van der Waals surface area (Å²) in [4.78, 5) is 11.6. The summed E-state index contributed by atoms with van der Waals surface area (Å²) in [5.74, 6) is -0.163. The van der Waals surface area contributed by atoms with Gasteiger partial charge in [0.15, 0.2) is 0 Å². The van der Waals surface area contributed by atoms with E-state index in [-0.39, 0.29) is 24.9 Å². The first-order valence-electron chi connectivity index (χ1n) is 5.83. The topological polar surface area (TPSA) is 75.3 Å². The van der Waals surface area contributed by atoms with Crippen molar-refractivity contribution < 1.29 is 9.90 Å². The van der Waals surface area contributed by atoms with E-state index >= 15 is 0 Å². The molecule has 1 saturated carbocycles. The van der Waals surface area contributed by atoms with Crippen LogP contribution in [0.15, 0.2) is 24.3 Å². The molecule has 4 N–H and O–H groups in total. The summed E-state index contributed by atoms with van der Waals surface area (Å²) in [5.41, 5.74) is 7.01. The Hall–Kier alpha value is -1.10. The Morgan fingerprint density at radius 3 is 2.50 bits per heavy atom. The van der Waals surface area contributed by atoms with Crippen LogP contribution in [0.4, 0.5) is 0 Å². The fourth-order valence-electron chi connectivity index (χ4n) is 1.63. The van der Waals surface area contributed by atoms with E-state index in [0.717, 1.165) is 24.0 Å². The van der Waals surface area contributed by atoms with Crippen molar-refractivity contribution in [3.05, 3.63) is 35.4 Å². The van der Waals surface area contributed by atoms with E-state index in [1.54, 1.807) is 0 Å². The van der Waals surface area contributed by atoms with E-state index in [9.17, 15) is 9.90 Å². The molecule has 100 valence electrons. The van der Waals surface area contributed by atoms with E-state index in [2.05, 4.69) is 5.32 Å². The molecule has 1 aliphatic carbocycles. The zero-order valence-electron chi connectivity index (χ0n) is 10.3. The van der Waals surface area contributed by atoms with Crippen molar-refractivity contribution in [1.82, 2.24) is 5.32 Å². The molecule has 0 radical (unpaired) electrons. The molecule has 1 aromatic rings. The number of nitrogens with two attached hydrogens (primary N) is 1. The minimum atomic E-state index is -0.679. The van der Waals surface area contributed by atoms with Gasteiger partial charge in [-0.05, 0) is 25.3 Å². The number of hydrogen-bond donors (Lipinski definition) is 3. The van der Waals surface area contributed by atoms with E-state index in [4.69, 9.17) is 5.73 Å². The maximum Gasteiger partial charge on any atom is 0.240 e. The van der Waals surface area contributed by atoms with Gasteiger partial charge in [0.1, 0.15) is 0 Å². The number of aliphatic hydroxyl groups excluding tert-OH is 1. The number of aliphatic hydroxyl groups is 1. The normalized spacial score (nSPS) is 17.5. The van der Waals surface area contributed by atoms with Crippen LogP contribution in [0.5, 0.6) is 0 Å². The third kappa shape index (κ3) is 3.45. The van der Waals surface area contributed by atoms with Crippen LogP contribution >= 0.6 is 12.4 Å². The van der Waals surface area contributed by atoms with Gasteiger partial charge in [-0.25, -0.2) is 0 Å². The number of amides is 1. The molecule has 0 heterocycles. The Morgan fingerprint density at radius 1 is 1.44 bits per heavy atom. The third-order valence-electron chi connectivity index (χ3n) is 3.16. The summed E-state index contributed by atoms with van der Waals surface area (Å²) >= 11 is 0. The lowest BCUT2D eigenvalue weighted by Crippen LogP contribution is -2.44. The van der Waals surface area contributed by atoms with Crippen LogP contribution in [0, 0.1) is 6.92 Å². The summed E-state index contributed by atoms with van der Waals surface area (Å²) in [6, 6.07) is 7.60. The number of nitrogens with one attached hydrogen (secondary N) is 1. The van der Waals surface area contributed by atoms with E-state index < -0.39 is 11.6 Å². The number of carbonyl (C=O) groups excluding carboxylic acids is 1. The number of hydrogen-bond acceptors (Lipinski definition) is 3. The lowest BCUT2D eigenvalue weighted by atomic mass is 10.1. The summed E-state index contributed by atoms with van der Waals surface area (Å²) in [5, 5.41) is 12.6. The second-order valence-electron chi connectivity index (χ2n) is 4.79. The number of halogens is 1.